The number of imide groups is 1. The number of allylic oxidation sites excluding steroid dienone is 2. The number of rotatable bonds is 10. The predicted octanol–water partition coefficient (Wildman–Crippen LogP) is 8.97. The van der Waals surface area contributed by atoms with Crippen LogP contribution >= 0.6 is 0 Å². The number of nitriles is 2. The van der Waals surface area contributed by atoms with Gasteiger partial charge in [-0.1, -0.05) is 65.8 Å². The first-order valence-electron chi connectivity index (χ1n) is 19.6. The number of carboxylic acids is 1. The average molecular weight is 786 g/mol. The van der Waals surface area contributed by atoms with Crippen LogP contribution in [0.25, 0.3) is 0 Å². The molecule has 57 heavy (non-hydrogen) atoms. The zero-order valence-electron chi connectivity index (χ0n) is 35.2. The van der Waals surface area contributed by atoms with Crippen molar-refractivity contribution in [2.45, 2.75) is 120 Å². The molecule has 308 valence electrons. The van der Waals surface area contributed by atoms with Crippen LogP contribution in [0, 0.1) is 57.2 Å². The number of carbonyl (C=O) groups excluding carboxylic acids is 4. The van der Waals surface area contributed by atoms with Gasteiger partial charge in [-0.3, -0.25) is 19.2 Å². The summed E-state index contributed by atoms with van der Waals surface area (Å²) in [6.45, 7) is 20.4. The lowest BCUT2D eigenvalue weighted by atomic mass is 9.85. The minimum atomic E-state index is -0.722. The summed E-state index contributed by atoms with van der Waals surface area (Å²) in [6, 6.07) is 14.6. The summed E-state index contributed by atoms with van der Waals surface area (Å²) in [5, 5.41) is 36.1. The fraction of sp³-hybridized carbons (Fsp3) is 0.533. The molecule has 1 heterocycles. The summed E-state index contributed by atoms with van der Waals surface area (Å²) < 4.78 is 4.94. The van der Waals surface area contributed by atoms with Crippen molar-refractivity contribution in [3.8, 4) is 23.6 Å². The van der Waals surface area contributed by atoms with E-state index >= 15 is 0 Å². The number of carboxylic acid groups (broad SMARTS) is 1. The standard InChI is InChI=1S/C15H19NO4.C13H15NO2.C11H13NO.C6H12O2/c1-4-15(2,3)14(19)20-16-12(17)10-8-5-6-9(7-8)11(10)13(16)18;1-4-9(2)11-5-6-13(16-10(3)15)12(7-11)8-14;1-3-8(2)9-4-5-11(13)10(6-9)7-12;1-4-6(2,3)5(7)8/h5-6,8-11H,4,7H2,1-3H3;5-7,9H,4H2,1-3H3;4-6,8,13H,3H2,1-2H3;4H2,1-3H3,(H,7,8). The Morgan fingerprint density at radius 3 is 1.65 bits per heavy atom. The number of benzene rings is 2. The number of ether oxygens (including phenoxy) is 1. The first-order chi connectivity index (χ1) is 26.6. The van der Waals surface area contributed by atoms with Crippen molar-refractivity contribution in [1.29, 1.82) is 10.5 Å². The monoisotopic (exact) mass is 785 g/mol. The lowest BCUT2D eigenvalue weighted by Crippen LogP contribution is -2.39. The van der Waals surface area contributed by atoms with Crippen LogP contribution in [0.5, 0.6) is 11.5 Å². The highest BCUT2D eigenvalue weighted by molar-refractivity contribution is 6.06. The third kappa shape index (κ3) is 12.0. The van der Waals surface area contributed by atoms with Gasteiger partial charge in [-0.05, 0) is 119 Å². The molecule has 0 aromatic heterocycles. The van der Waals surface area contributed by atoms with Crippen LogP contribution in [0.2, 0.25) is 0 Å². The number of fused-ring (bicyclic) bond motifs is 5. The predicted molar refractivity (Wildman–Crippen MR) is 214 cm³/mol. The average Bonchev–Trinajstić information content (AvgIpc) is 3.88. The number of esters is 1. The van der Waals surface area contributed by atoms with E-state index < -0.39 is 28.7 Å². The van der Waals surface area contributed by atoms with Crippen molar-refractivity contribution in [2.24, 2.45) is 34.5 Å². The maximum absolute atomic E-state index is 12.3. The Labute approximate surface area is 337 Å². The minimum Gasteiger partial charge on any atom is -0.507 e. The van der Waals surface area contributed by atoms with Gasteiger partial charge >= 0.3 is 17.9 Å². The molecular weight excluding hydrogens is 727 g/mol. The van der Waals surface area contributed by atoms with Crippen molar-refractivity contribution >= 4 is 29.7 Å². The van der Waals surface area contributed by atoms with Gasteiger partial charge in [0.05, 0.1) is 33.8 Å². The van der Waals surface area contributed by atoms with Crippen LogP contribution in [-0.2, 0) is 28.8 Å². The molecule has 2 aromatic rings. The van der Waals surface area contributed by atoms with Crippen molar-refractivity contribution < 1.29 is 43.8 Å². The van der Waals surface area contributed by atoms with Gasteiger partial charge in [0.1, 0.15) is 23.6 Å². The van der Waals surface area contributed by atoms with Gasteiger partial charge in [0.2, 0.25) is 0 Å². The number of amides is 2. The summed E-state index contributed by atoms with van der Waals surface area (Å²) in [5.74, 6) is -1.51. The van der Waals surface area contributed by atoms with Crippen molar-refractivity contribution in [3.63, 3.8) is 0 Å². The molecule has 6 atom stereocenters. The molecule has 6 unspecified atom stereocenters. The normalized spacial score (nSPS) is 19.8. The fourth-order valence-corrected chi connectivity index (χ4v) is 6.07. The summed E-state index contributed by atoms with van der Waals surface area (Å²) in [4.78, 5) is 62.9. The van der Waals surface area contributed by atoms with Crippen LogP contribution in [0.4, 0.5) is 0 Å². The van der Waals surface area contributed by atoms with Gasteiger partial charge in [0, 0.05) is 6.92 Å². The highest BCUT2D eigenvalue weighted by atomic mass is 16.7. The Hall–Kier alpha value is -5.49. The molecule has 0 spiro atoms. The smallest absolute Gasteiger partial charge is 0.338 e. The fourth-order valence-electron chi connectivity index (χ4n) is 6.07. The number of aliphatic carboxylic acids is 1. The third-order valence-corrected chi connectivity index (χ3v) is 11.4. The maximum Gasteiger partial charge on any atom is 0.338 e. The van der Waals surface area contributed by atoms with Crippen LogP contribution in [0.1, 0.15) is 142 Å². The van der Waals surface area contributed by atoms with Gasteiger partial charge in [0.15, 0.2) is 0 Å². The topological polar surface area (TPSA) is 195 Å². The Kier molecular flexibility index (Phi) is 17.2. The molecule has 2 aromatic carbocycles. The summed E-state index contributed by atoms with van der Waals surface area (Å²) in [6.07, 6.45) is 8.21. The lowest BCUT2D eigenvalue weighted by Gasteiger charge is -2.23. The summed E-state index contributed by atoms with van der Waals surface area (Å²) in [7, 11) is 0. The van der Waals surface area contributed by atoms with Crippen molar-refractivity contribution in [1.82, 2.24) is 5.06 Å². The number of aromatic hydroxyl groups is 1. The lowest BCUT2D eigenvalue weighted by molar-refractivity contribution is -0.205. The first kappa shape index (κ1) is 47.7. The molecule has 1 saturated carbocycles. The van der Waals surface area contributed by atoms with Crippen molar-refractivity contribution in [2.75, 3.05) is 0 Å². The number of hydrogen-bond acceptors (Lipinski definition) is 10. The Morgan fingerprint density at radius 2 is 1.26 bits per heavy atom. The maximum atomic E-state index is 12.3. The molecule has 1 aliphatic heterocycles. The number of phenolic OH excluding ortho intramolecular Hbond substituents is 1. The van der Waals surface area contributed by atoms with E-state index in [0.717, 1.165) is 35.5 Å². The molecule has 1 saturated heterocycles. The van der Waals surface area contributed by atoms with Crippen molar-refractivity contribution in [3.05, 3.63) is 70.8 Å². The third-order valence-electron chi connectivity index (χ3n) is 11.4. The van der Waals surface area contributed by atoms with Crippen LogP contribution in [-0.4, -0.2) is 45.0 Å². The van der Waals surface area contributed by atoms with Gasteiger partial charge in [-0.15, -0.1) is 5.06 Å². The molecule has 2 fully saturated rings. The molecule has 12 heteroatoms. The summed E-state index contributed by atoms with van der Waals surface area (Å²) >= 11 is 0. The molecule has 2 bridgehead atoms. The van der Waals surface area contributed by atoms with E-state index in [4.69, 9.17) is 25.2 Å². The molecule has 2 amide bonds. The Bertz CT molecular complexity index is 1870. The van der Waals surface area contributed by atoms with E-state index in [1.54, 1.807) is 52.0 Å². The Morgan fingerprint density at radius 1 is 0.807 bits per heavy atom. The minimum absolute atomic E-state index is 0.0644. The van der Waals surface area contributed by atoms with E-state index in [1.165, 1.54) is 6.92 Å². The second-order valence-corrected chi connectivity index (χ2v) is 16.1. The van der Waals surface area contributed by atoms with Gasteiger partial charge in [0.25, 0.3) is 11.8 Å². The van der Waals surface area contributed by atoms with E-state index in [2.05, 4.69) is 27.7 Å². The highest BCUT2D eigenvalue weighted by Crippen LogP contribution is 2.52. The molecule has 0 radical (unpaired) electrons. The number of hydroxylamine groups is 2. The quantitative estimate of drug-likeness (QED) is 0.101. The Balaban J connectivity index is 0.000000275. The van der Waals surface area contributed by atoms with E-state index in [1.807, 2.05) is 50.3 Å². The number of carbonyl (C=O) groups is 5. The SMILES string of the molecule is CCC(C)(C)C(=O)O.CCC(C)(C)C(=O)ON1C(=O)C2C3C=CC(C3)C2C1=O.CCC(C)c1ccc(O)c(C#N)c1.CCC(C)c1ccc(OC(C)=O)c(C#N)c1. The highest BCUT2D eigenvalue weighted by Gasteiger charge is 2.61. The van der Waals surface area contributed by atoms with Gasteiger partial charge in [-0.25, -0.2) is 4.79 Å². The molecule has 2 aliphatic carbocycles. The van der Waals surface area contributed by atoms with Crippen LogP contribution in [0.15, 0.2) is 48.6 Å². The van der Waals surface area contributed by atoms with Crippen LogP contribution < -0.4 is 4.74 Å². The van der Waals surface area contributed by atoms with E-state index in [-0.39, 0.29) is 41.2 Å². The second-order valence-electron chi connectivity index (χ2n) is 16.1. The number of hydrogen-bond donors (Lipinski definition) is 2. The molecule has 12 nitrogen and oxygen atoms in total. The van der Waals surface area contributed by atoms with E-state index in [0.29, 0.717) is 41.6 Å². The first-order valence-corrected chi connectivity index (χ1v) is 19.6. The number of phenols is 1. The molecular formula is C45H59N3O9. The van der Waals surface area contributed by atoms with Crippen LogP contribution in [0.3, 0.4) is 0 Å². The summed E-state index contributed by atoms with van der Waals surface area (Å²) in [5.41, 5.74) is 1.73. The molecule has 3 aliphatic rings. The second kappa shape index (κ2) is 20.6. The largest absolute Gasteiger partial charge is 0.507 e. The number of nitrogens with zero attached hydrogens (tertiary/aromatic N) is 3. The van der Waals surface area contributed by atoms with Gasteiger partial charge < -0.3 is 19.8 Å². The van der Waals surface area contributed by atoms with Gasteiger partial charge in [-0.2, -0.15) is 10.5 Å². The zero-order chi connectivity index (χ0) is 43.4. The molecule has 2 N–H and O–H groups in total. The van der Waals surface area contributed by atoms with E-state index in [9.17, 15) is 29.1 Å². The zero-order valence-corrected chi connectivity index (χ0v) is 35.2. The molecule has 5 rings (SSSR count).